The van der Waals surface area contributed by atoms with Gasteiger partial charge in [0.15, 0.2) is 0 Å². The highest BCUT2D eigenvalue weighted by Crippen LogP contribution is 2.16. The molecule has 21 heavy (non-hydrogen) atoms. The van der Waals surface area contributed by atoms with Gasteiger partial charge >= 0.3 is 0 Å². The fourth-order valence-electron chi connectivity index (χ4n) is 3.12. The van der Waals surface area contributed by atoms with Crippen LogP contribution in [0.15, 0.2) is 16.7 Å². The highest BCUT2D eigenvalue weighted by atomic mass is 16.3. The summed E-state index contributed by atoms with van der Waals surface area (Å²) < 4.78 is 5.24. The molecule has 0 aromatic carbocycles. The van der Waals surface area contributed by atoms with Gasteiger partial charge in [-0.25, -0.2) is 0 Å². The molecule has 0 radical (unpaired) electrons. The molecule has 1 aromatic rings. The summed E-state index contributed by atoms with van der Waals surface area (Å²) in [5.74, 6) is 0.797. The Kier molecular flexibility index (Phi) is 5.82. The minimum Gasteiger partial charge on any atom is -0.469 e. The average Bonchev–Trinajstić information content (AvgIpc) is 2.76. The van der Waals surface area contributed by atoms with E-state index in [1.165, 1.54) is 0 Å². The molecule has 1 atom stereocenters. The summed E-state index contributed by atoms with van der Waals surface area (Å²) >= 11 is 0. The molecule has 1 aliphatic rings. The van der Waals surface area contributed by atoms with Crippen LogP contribution in [0, 0.1) is 6.92 Å². The number of hydrogen-bond acceptors (Lipinski definition) is 4. The van der Waals surface area contributed by atoms with Crippen LogP contribution in [0.5, 0.6) is 0 Å². The number of furan rings is 1. The minimum atomic E-state index is 0.0926. The molecule has 118 valence electrons. The van der Waals surface area contributed by atoms with Gasteiger partial charge in [0.2, 0.25) is 0 Å². The number of hydrogen-bond donors (Lipinski definition) is 1. The Labute approximate surface area is 127 Å². The predicted molar refractivity (Wildman–Crippen MR) is 83.3 cm³/mol. The third kappa shape index (κ3) is 3.86. The molecule has 1 saturated heterocycles. The predicted octanol–water partition coefficient (Wildman–Crippen LogP) is 1.86. The van der Waals surface area contributed by atoms with Crippen molar-refractivity contribution in [3.8, 4) is 0 Å². The number of carbonyl (C=O) groups excluding carboxylic acids is 1. The summed E-state index contributed by atoms with van der Waals surface area (Å²) in [6, 6.07) is 2.31. The second-order valence-electron chi connectivity index (χ2n) is 5.71. The van der Waals surface area contributed by atoms with E-state index in [4.69, 9.17) is 10.2 Å². The van der Waals surface area contributed by atoms with Gasteiger partial charge in [-0.1, -0.05) is 6.92 Å². The van der Waals surface area contributed by atoms with Crippen molar-refractivity contribution in [1.82, 2.24) is 9.80 Å². The number of nitrogens with zero attached hydrogens (tertiary/aromatic N) is 2. The first-order valence-electron chi connectivity index (χ1n) is 7.94. The monoisotopic (exact) mass is 293 g/mol. The number of aryl methyl sites for hydroxylation is 1. The largest absolute Gasteiger partial charge is 0.469 e. The van der Waals surface area contributed by atoms with Crippen LogP contribution >= 0.6 is 0 Å². The Morgan fingerprint density at radius 1 is 1.38 bits per heavy atom. The Morgan fingerprint density at radius 2 is 2.19 bits per heavy atom. The lowest BCUT2D eigenvalue weighted by Crippen LogP contribution is -2.40. The van der Waals surface area contributed by atoms with E-state index in [0.29, 0.717) is 17.4 Å². The molecule has 2 rings (SSSR count). The van der Waals surface area contributed by atoms with Crippen molar-refractivity contribution in [2.75, 3.05) is 32.7 Å². The van der Waals surface area contributed by atoms with Gasteiger partial charge in [-0.15, -0.1) is 0 Å². The summed E-state index contributed by atoms with van der Waals surface area (Å²) in [6.45, 7) is 8.36. The molecular weight excluding hydrogens is 266 g/mol. The first-order chi connectivity index (χ1) is 10.2. The van der Waals surface area contributed by atoms with Crippen LogP contribution in [0.25, 0.3) is 0 Å². The fourth-order valence-corrected chi connectivity index (χ4v) is 3.12. The van der Waals surface area contributed by atoms with Crippen molar-refractivity contribution in [1.29, 1.82) is 0 Å². The molecular formula is C16H27N3O2. The van der Waals surface area contributed by atoms with Crippen molar-refractivity contribution in [3.05, 3.63) is 23.7 Å². The lowest BCUT2D eigenvalue weighted by Gasteiger charge is -2.29. The molecule has 0 spiro atoms. The van der Waals surface area contributed by atoms with E-state index in [0.717, 1.165) is 52.0 Å². The van der Waals surface area contributed by atoms with Crippen molar-refractivity contribution in [2.24, 2.45) is 5.73 Å². The zero-order valence-corrected chi connectivity index (χ0v) is 13.2. The molecule has 0 saturated carbocycles. The average molecular weight is 293 g/mol. The fraction of sp³-hybridized carbons (Fsp3) is 0.688. The summed E-state index contributed by atoms with van der Waals surface area (Å²) in [7, 11) is 0. The highest BCUT2D eigenvalue weighted by molar-refractivity contribution is 5.95. The van der Waals surface area contributed by atoms with Gasteiger partial charge in [-0.3, -0.25) is 9.69 Å². The summed E-state index contributed by atoms with van der Waals surface area (Å²) in [6.07, 6.45) is 4.75. The normalized spacial score (nSPS) is 18.5. The van der Waals surface area contributed by atoms with Gasteiger partial charge in [0.05, 0.1) is 11.8 Å². The van der Waals surface area contributed by atoms with Crippen LogP contribution < -0.4 is 5.73 Å². The Bertz CT molecular complexity index is 458. The van der Waals surface area contributed by atoms with E-state index < -0.39 is 0 Å². The maximum absolute atomic E-state index is 12.5. The molecule has 5 nitrogen and oxygen atoms in total. The topological polar surface area (TPSA) is 62.7 Å². The number of rotatable bonds is 5. The minimum absolute atomic E-state index is 0.0926. The van der Waals surface area contributed by atoms with Gasteiger partial charge in [-0.2, -0.15) is 0 Å². The third-order valence-electron chi connectivity index (χ3n) is 4.39. The molecule has 1 unspecified atom stereocenters. The lowest BCUT2D eigenvalue weighted by molar-refractivity contribution is 0.0755. The van der Waals surface area contributed by atoms with Crippen molar-refractivity contribution >= 4 is 5.91 Å². The molecule has 1 aromatic heterocycles. The van der Waals surface area contributed by atoms with Gasteiger partial charge in [0.25, 0.3) is 5.91 Å². The third-order valence-corrected chi connectivity index (χ3v) is 4.39. The molecule has 2 heterocycles. The highest BCUT2D eigenvalue weighted by Gasteiger charge is 2.24. The number of carbonyl (C=O) groups is 1. The second-order valence-corrected chi connectivity index (χ2v) is 5.71. The van der Waals surface area contributed by atoms with Crippen molar-refractivity contribution < 1.29 is 9.21 Å². The maximum Gasteiger partial charge on any atom is 0.257 e. The summed E-state index contributed by atoms with van der Waals surface area (Å²) in [5, 5.41) is 0. The first kappa shape index (κ1) is 16.0. The van der Waals surface area contributed by atoms with E-state index >= 15 is 0 Å². The van der Waals surface area contributed by atoms with E-state index in [1.807, 2.05) is 11.8 Å². The number of amides is 1. The van der Waals surface area contributed by atoms with E-state index in [2.05, 4.69) is 11.8 Å². The van der Waals surface area contributed by atoms with Crippen molar-refractivity contribution in [3.63, 3.8) is 0 Å². The Morgan fingerprint density at radius 3 is 2.81 bits per heavy atom. The van der Waals surface area contributed by atoms with E-state index in [9.17, 15) is 4.79 Å². The van der Waals surface area contributed by atoms with Crippen LogP contribution in [0.2, 0.25) is 0 Å². The van der Waals surface area contributed by atoms with Crippen LogP contribution in [-0.4, -0.2) is 54.5 Å². The summed E-state index contributed by atoms with van der Waals surface area (Å²) in [4.78, 5) is 17.0. The van der Waals surface area contributed by atoms with Crippen LogP contribution in [0.1, 0.15) is 42.3 Å². The molecule has 2 N–H and O–H groups in total. The van der Waals surface area contributed by atoms with Gasteiger partial charge in [-0.05, 0) is 38.8 Å². The zero-order chi connectivity index (χ0) is 15.2. The SMILES string of the molecule is CCC(CCN)N1CCCN(C(=O)c2ccoc2C)CC1. The lowest BCUT2D eigenvalue weighted by atomic mass is 10.1. The Balaban J connectivity index is 1.97. The molecule has 1 aliphatic heterocycles. The maximum atomic E-state index is 12.5. The van der Waals surface area contributed by atoms with E-state index in [-0.39, 0.29) is 5.91 Å². The zero-order valence-electron chi connectivity index (χ0n) is 13.2. The van der Waals surface area contributed by atoms with Gasteiger partial charge in [0, 0.05) is 32.2 Å². The van der Waals surface area contributed by atoms with Crippen LogP contribution in [0.3, 0.4) is 0 Å². The van der Waals surface area contributed by atoms with Crippen LogP contribution in [-0.2, 0) is 0 Å². The smallest absolute Gasteiger partial charge is 0.257 e. The second kappa shape index (κ2) is 7.61. The van der Waals surface area contributed by atoms with Gasteiger partial charge < -0.3 is 15.1 Å². The van der Waals surface area contributed by atoms with Crippen LogP contribution in [0.4, 0.5) is 0 Å². The molecule has 5 heteroatoms. The molecule has 1 fully saturated rings. The Hall–Kier alpha value is -1.33. The first-order valence-corrected chi connectivity index (χ1v) is 7.94. The molecule has 1 amide bonds. The standard InChI is InChI=1S/C16H27N3O2/c1-3-14(5-7-17)18-8-4-9-19(11-10-18)16(20)15-6-12-21-13(15)2/h6,12,14H,3-5,7-11,17H2,1-2H3. The van der Waals surface area contributed by atoms with Crippen molar-refractivity contribution in [2.45, 2.75) is 39.2 Å². The van der Waals surface area contributed by atoms with E-state index in [1.54, 1.807) is 12.3 Å². The van der Waals surface area contributed by atoms with Gasteiger partial charge in [0.1, 0.15) is 5.76 Å². The number of nitrogens with two attached hydrogens (primary N) is 1. The molecule has 0 bridgehead atoms. The summed E-state index contributed by atoms with van der Waals surface area (Å²) in [5.41, 5.74) is 6.40. The quantitative estimate of drug-likeness (QED) is 0.900. The molecule has 0 aliphatic carbocycles.